The van der Waals surface area contributed by atoms with Crippen LogP contribution in [0.4, 0.5) is 0 Å². The van der Waals surface area contributed by atoms with Crippen LogP contribution in [-0.2, 0) is 9.59 Å². The quantitative estimate of drug-likeness (QED) is 0.604. The Labute approximate surface area is 101 Å². The van der Waals surface area contributed by atoms with Crippen LogP contribution >= 0.6 is 0 Å². The zero-order chi connectivity index (χ0) is 12.3. The normalized spacial score (nSPS) is 28.5. The lowest BCUT2D eigenvalue weighted by Gasteiger charge is -2.30. The maximum atomic E-state index is 11.6. The second kappa shape index (κ2) is 5.49. The van der Waals surface area contributed by atoms with Gasteiger partial charge in [-0.25, -0.2) is 0 Å². The Bertz CT molecular complexity index is 302. The fraction of sp³-hybridized carbons (Fsp3) is 0.833. The molecule has 2 aliphatic rings. The first kappa shape index (κ1) is 12.4. The molecule has 2 amide bonds. The molecule has 5 heteroatoms. The van der Waals surface area contributed by atoms with Gasteiger partial charge >= 0.3 is 11.8 Å². The summed E-state index contributed by atoms with van der Waals surface area (Å²) >= 11 is 0. The molecular weight excluding hydrogens is 220 g/mol. The first-order valence-electron chi connectivity index (χ1n) is 6.43. The number of hydrogen-bond donors (Lipinski definition) is 3. The number of carbonyl (C=O) groups is 2. The maximum absolute atomic E-state index is 11.6. The third kappa shape index (κ3) is 3.43. The number of aliphatic hydroxyl groups excluding tert-OH is 1. The SMILES string of the molecule is O=C(NC1CC1)C(=O)N[C@H]1CCCC[C@H]1CO. The van der Waals surface area contributed by atoms with Crippen molar-refractivity contribution >= 4 is 11.8 Å². The van der Waals surface area contributed by atoms with E-state index in [4.69, 9.17) is 0 Å². The molecule has 5 nitrogen and oxygen atoms in total. The minimum atomic E-state index is -0.553. The third-order valence-electron chi connectivity index (χ3n) is 3.58. The van der Waals surface area contributed by atoms with Crippen molar-refractivity contribution in [1.82, 2.24) is 10.6 Å². The van der Waals surface area contributed by atoms with Crippen LogP contribution in [0.5, 0.6) is 0 Å². The van der Waals surface area contributed by atoms with E-state index in [-0.39, 0.29) is 24.6 Å². The summed E-state index contributed by atoms with van der Waals surface area (Å²) in [5.41, 5.74) is 0. The van der Waals surface area contributed by atoms with Crippen molar-refractivity contribution < 1.29 is 14.7 Å². The number of nitrogens with one attached hydrogen (secondary N) is 2. The smallest absolute Gasteiger partial charge is 0.309 e. The lowest BCUT2D eigenvalue weighted by molar-refractivity contribution is -0.140. The van der Waals surface area contributed by atoms with E-state index >= 15 is 0 Å². The molecule has 0 aromatic carbocycles. The summed E-state index contributed by atoms with van der Waals surface area (Å²) in [4.78, 5) is 23.1. The maximum Gasteiger partial charge on any atom is 0.309 e. The van der Waals surface area contributed by atoms with Gasteiger partial charge in [-0.15, -0.1) is 0 Å². The standard InChI is InChI=1S/C12H20N2O3/c15-7-8-3-1-2-4-10(8)14-12(17)11(16)13-9-5-6-9/h8-10,15H,1-7H2,(H,13,16)(H,14,17)/t8-,10-/m0/s1. The van der Waals surface area contributed by atoms with Gasteiger partial charge in [0.05, 0.1) is 0 Å². The largest absolute Gasteiger partial charge is 0.396 e. The van der Waals surface area contributed by atoms with Crippen LogP contribution in [0.3, 0.4) is 0 Å². The molecule has 2 saturated carbocycles. The van der Waals surface area contributed by atoms with Gasteiger partial charge in [0.1, 0.15) is 0 Å². The predicted molar refractivity (Wildman–Crippen MR) is 62.1 cm³/mol. The number of amides is 2. The monoisotopic (exact) mass is 240 g/mol. The summed E-state index contributed by atoms with van der Waals surface area (Å²) in [7, 11) is 0. The van der Waals surface area contributed by atoms with Crippen molar-refractivity contribution in [3.63, 3.8) is 0 Å². The minimum Gasteiger partial charge on any atom is -0.396 e. The highest BCUT2D eigenvalue weighted by Crippen LogP contribution is 2.24. The Hall–Kier alpha value is -1.10. The van der Waals surface area contributed by atoms with Crippen molar-refractivity contribution in [2.45, 2.75) is 50.6 Å². The van der Waals surface area contributed by atoms with E-state index < -0.39 is 11.8 Å². The molecule has 0 radical (unpaired) electrons. The van der Waals surface area contributed by atoms with Crippen LogP contribution in [0.1, 0.15) is 38.5 Å². The van der Waals surface area contributed by atoms with Gasteiger partial charge in [-0.3, -0.25) is 9.59 Å². The van der Waals surface area contributed by atoms with Gasteiger partial charge in [-0.05, 0) is 25.7 Å². The molecule has 0 bridgehead atoms. The van der Waals surface area contributed by atoms with E-state index in [1.807, 2.05) is 0 Å². The lowest BCUT2D eigenvalue weighted by atomic mass is 9.85. The molecule has 0 aliphatic heterocycles. The molecule has 0 aromatic heterocycles. The molecule has 0 spiro atoms. The Kier molecular flexibility index (Phi) is 3.99. The Morgan fingerprint density at radius 3 is 2.29 bits per heavy atom. The molecule has 2 rings (SSSR count). The van der Waals surface area contributed by atoms with Crippen molar-refractivity contribution in [2.24, 2.45) is 5.92 Å². The molecule has 96 valence electrons. The Morgan fingerprint density at radius 1 is 1.00 bits per heavy atom. The zero-order valence-electron chi connectivity index (χ0n) is 9.95. The van der Waals surface area contributed by atoms with Gasteiger partial charge in [-0.1, -0.05) is 12.8 Å². The molecule has 3 N–H and O–H groups in total. The fourth-order valence-corrected chi connectivity index (χ4v) is 2.33. The van der Waals surface area contributed by atoms with E-state index in [1.165, 1.54) is 0 Å². The van der Waals surface area contributed by atoms with Crippen molar-refractivity contribution in [3.05, 3.63) is 0 Å². The van der Waals surface area contributed by atoms with Crippen LogP contribution in [0, 0.1) is 5.92 Å². The van der Waals surface area contributed by atoms with Gasteiger partial charge in [0.15, 0.2) is 0 Å². The first-order chi connectivity index (χ1) is 8.20. The molecule has 2 aliphatic carbocycles. The van der Waals surface area contributed by atoms with Crippen LogP contribution in [-0.4, -0.2) is 35.6 Å². The highest BCUT2D eigenvalue weighted by molar-refractivity contribution is 6.35. The molecule has 17 heavy (non-hydrogen) atoms. The lowest BCUT2D eigenvalue weighted by Crippen LogP contribution is -2.49. The number of rotatable bonds is 3. The summed E-state index contributed by atoms with van der Waals surface area (Å²) in [6, 6.07) is 0.152. The highest BCUT2D eigenvalue weighted by atomic mass is 16.3. The summed E-state index contributed by atoms with van der Waals surface area (Å²) in [6.07, 6.45) is 5.86. The van der Waals surface area contributed by atoms with Crippen molar-refractivity contribution in [3.8, 4) is 0 Å². The summed E-state index contributed by atoms with van der Waals surface area (Å²) in [5, 5.41) is 14.6. The summed E-state index contributed by atoms with van der Waals surface area (Å²) in [5.74, 6) is -0.988. The third-order valence-corrected chi connectivity index (χ3v) is 3.58. The molecule has 2 atom stereocenters. The first-order valence-corrected chi connectivity index (χ1v) is 6.43. The highest BCUT2D eigenvalue weighted by Gasteiger charge is 2.30. The predicted octanol–water partition coefficient (Wildman–Crippen LogP) is -0.0677. The molecule has 0 heterocycles. The molecule has 0 saturated heterocycles. The van der Waals surface area contributed by atoms with E-state index in [1.54, 1.807) is 0 Å². The van der Waals surface area contributed by atoms with E-state index in [2.05, 4.69) is 10.6 Å². The van der Waals surface area contributed by atoms with Crippen LogP contribution < -0.4 is 10.6 Å². The molecular formula is C12H20N2O3. The topological polar surface area (TPSA) is 78.4 Å². The van der Waals surface area contributed by atoms with Crippen LogP contribution in [0.2, 0.25) is 0 Å². The van der Waals surface area contributed by atoms with Gasteiger partial charge in [0.25, 0.3) is 0 Å². The minimum absolute atomic E-state index is 0.0498. The van der Waals surface area contributed by atoms with Crippen LogP contribution in [0.25, 0.3) is 0 Å². The number of carbonyl (C=O) groups excluding carboxylic acids is 2. The molecule has 2 fully saturated rings. The second-order valence-electron chi connectivity index (χ2n) is 5.05. The van der Waals surface area contributed by atoms with E-state index in [0.29, 0.717) is 0 Å². The zero-order valence-corrected chi connectivity index (χ0v) is 9.95. The van der Waals surface area contributed by atoms with Crippen LogP contribution in [0.15, 0.2) is 0 Å². The average molecular weight is 240 g/mol. The average Bonchev–Trinajstić information content (AvgIpc) is 3.13. The number of hydrogen-bond acceptors (Lipinski definition) is 3. The van der Waals surface area contributed by atoms with Gasteiger partial charge in [0, 0.05) is 24.6 Å². The molecule has 0 unspecified atom stereocenters. The van der Waals surface area contributed by atoms with Gasteiger partial charge in [-0.2, -0.15) is 0 Å². The summed E-state index contributed by atoms with van der Waals surface area (Å²) < 4.78 is 0. The fourth-order valence-electron chi connectivity index (χ4n) is 2.33. The summed E-state index contributed by atoms with van der Waals surface area (Å²) in [6.45, 7) is 0.0786. The Morgan fingerprint density at radius 2 is 1.65 bits per heavy atom. The Balaban J connectivity index is 1.80. The van der Waals surface area contributed by atoms with Gasteiger partial charge < -0.3 is 15.7 Å². The molecule has 0 aromatic rings. The van der Waals surface area contributed by atoms with Crippen molar-refractivity contribution in [2.75, 3.05) is 6.61 Å². The van der Waals surface area contributed by atoms with E-state index in [9.17, 15) is 14.7 Å². The van der Waals surface area contributed by atoms with E-state index in [0.717, 1.165) is 38.5 Å². The van der Waals surface area contributed by atoms with Gasteiger partial charge in [0.2, 0.25) is 0 Å². The second-order valence-corrected chi connectivity index (χ2v) is 5.05. The van der Waals surface area contributed by atoms with Crippen molar-refractivity contribution in [1.29, 1.82) is 0 Å². The number of aliphatic hydroxyl groups is 1.